The lowest BCUT2D eigenvalue weighted by atomic mass is 10.1. The molecule has 0 aliphatic carbocycles. The van der Waals surface area contributed by atoms with E-state index in [1.807, 2.05) is 0 Å². The molecule has 11 heteroatoms. The fraction of sp³-hybridized carbons (Fsp3) is 0.143. The van der Waals surface area contributed by atoms with Gasteiger partial charge in [0.15, 0.2) is 11.4 Å². The van der Waals surface area contributed by atoms with Crippen molar-refractivity contribution in [2.45, 2.75) is 13.1 Å². The average Bonchev–Trinajstić information content (AvgIpc) is 3.05. The van der Waals surface area contributed by atoms with Crippen LogP contribution in [0, 0.1) is 0 Å². The number of hydrazone groups is 1. The Morgan fingerprint density at radius 1 is 1.06 bits per heavy atom. The minimum absolute atomic E-state index is 0.00535. The van der Waals surface area contributed by atoms with Gasteiger partial charge in [-0.2, -0.15) is 23.4 Å². The van der Waals surface area contributed by atoms with Crippen LogP contribution in [0.4, 0.5) is 13.2 Å². The zero-order chi connectivity index (χ0) is 23.6. The number of aromatic carboxylic acids is 1. The number of aryl methyl sites for hydroxylation is 1. The van der Waals surface area contributed by atoms with Crippen LogP contribution in [0.25, 0.3) is 11.3 Å². The van der Waals surface area contributed by atoms with Gasteiger partial charge in [0.2, 0.25) is 0 Å². The highest BCUT2D eigenvalue weighted by atomic mass is 19.4. The van der Waals surface area contributed by atoms with Crippen molar-refractivity contribution in [3.05, 3.63) is 70.9 Å². The zero-order valence-corrected chi connectivity index (χ0v) is 16.8. The normalized spacial score (nSPS) is 12.0. The van der Waals surface area contributed by atoms with Crippen LogP contribution in [0.2, 0.25) is 0 Å². The van der Waals surface area contributed by atoms with Gasteiger partial charge in [-0.15, -0.1) is 0 Å². The van der Waals surface area contributed by atoms with Gasteiger partial charge in [0.1, 0.15) is 5.69 Å². The van der Waals surface area contributed by atoms with Crippen LogP contribution in [0.1, 0.15) is 38.9 Å². The van der Waals surface area contributed by atoms with Gasteiger partial charge in [-0.3, -0.25) is 9.48 Å². The third kappa shape index (κ3) is 4.46. The Bertz CT molecular complexity index is 1210. The second kappa shape index (κ2) is 8.53. The maximum atomic E-state index is 12.8. The molecule has 1 aromatic heterocycles. The van der Waals surface area contributed by atoms with Crippen LogP contribution < -0.4 is 5.43 Å². The summed E-state index contributed by atoms with van der Waals surface area (Å²) in [5.74, 6) is -2.39. The lowest BCUT2D eigenvalue weighted by molar-refractivity contribution is -0.137. The summed E-state index contributed by atoms with van der Waals surface area (Å²) in [5, 5.41) is 27.8. The van der Waals surface area contributed by atoms with Crippen molar-refractivity contribution in [3.8, 4) is 17.0 Å². The van der Waals surface area contributed by atoms with Crippen molar-refractivity contribution in [2.75, 3.05) is 0 Å². The van der Waals surface area contributed by atoms with Crippen LogP contribution in [-0.4, -0.2) is 37.6 Å². The number of carboxylic acids is 1. The van der Waals surface area contributed by atoms with E-state index in [2.05, 4.69) is 15.6 Å². The first-order valence-corrected chi connectivity index (χ1v) is 9.11. The van der Waals surface area contributed by atoms with Crippen LogP contribution >= 0.6 is 0 Å². The Hall–Kier alpha value is -4.15. The maximum absolute atomic E-state index is 12.8. The summed E-state index contributed by atoms with van der Waals surface area (Å²) in [6, 6.07) is 9.77. The van der Waals surface area contributed by atoms with Gasteiger partial charge in [0, 0.05) is 12.6 Å². The average molecular weight is 446 g/mol. The summed E-state index contributed by atoms with van der Waals surface area (Å²) in [6.07, 6.45) is -4.49. The number of benzene rings is 2. The quantitative estimate of drug-likeness (QED) is 0.409. The number of carboxylic acid groups (broad SMARTS) is 1. The minimum atomic E-state index is -4.49. The van der Waals surface area contributed by atoms with Crippen molar-refractivity contribution >= 4 is 17.6 Å². The predicted octanol–water partition coefficient (Wildman–Crippen LogP) is 3.66. The molecule has 0 spiro atoms. The fourth-order valence-electron chi connectivity index (χ4n) is 3.01. The first-order chi connectivity index (χ1) is 15.0. The molecule has 0 bridgehead atoms. The minimum Gasteiger partial charge on any atom is -0.504 e. The number of carbonyl (C=O) groups is 2. The first kappa shape index (κ1) is 22.5. The molecular weight excluding hydrogens is 429 g/mol. The molecule has 0 atom stereocenters. The number of aromatic hydroxyl groups is 1. The van der Waals surface area contributed by atoms with Crippen LogP contribution in [0.15, 0.2) is 53.6 Å². The van der Waals surface area contributed by atoms with Gasteiger partial charge in [0.25, 0.3) is 5.91 Å². The van der Waals surface area contributed by atoms with E-state index in [-0.39, 0.29) is 34.0 Å². The topological polar surface area (TPSA) is 117 Å². The smallest absolute Gasteiger partial charge is 0.416 e. The van der Waals surface area contributed by atoms with Crippen molar-refractivity contribution < 1.29 is 33.0 Å². The second-order valence-electron chi connectivity index (χ2n) is 6.73. The maximum Gasteiger partial charge on any atom is 0.416 e. The molecule has 3 rings (SSSR count). The lowest BCUT2D eigenvalue weighted by Crippen LogP contribution is -2.22. The number of alkyl halides is 3. The van der Waals surface area contributed by atoms with Crippen LogP contribution in [0.3, 0.4) is 0 Å². The van der Waals surface area contributed by atoms with Gasteiger partial charge < -0.3 is 10.2 Å². The zero-order valence-electron chi connectivity index (χ0n) is 16.8. The summed E-state index contributed by atoms with van der Waals surface area (Å²) < 4.78 is 39.6. The molecule has 0 fully saturated rings. The van der Waals surface area contributed by atoms with Gasteiger partial charge >= 0.3 is 12.1 Å². The number of nitrogens with one attached hydrogen (secondary N) is 1. The first-order valence-electron chi connectivity index (χ1n) is 9.11. The molecule has 0 aliphatic rings. The van der Waals surface area contributed by atoms with Crippen molar-refractivity contribution in [3.63, 3.8) is 0 Å². The van der Waals surface area contributed by atoms with Crippen molar-refractivity contribution in [1.29, 1.82) is 0 Å². The molecule has 3 N–H and O–H groups in total. The monoisotopic (exact) mass is 446 g/mol. The SMILES string of the molecule is CC(=NNC(=O)c1ccccc1C(=O)O)c1nn(C)c(-c2ccc(C(F)(F)F)cc2)c1O. The van der Waals surface area contributed by atoms with Crippen LogP contribution in [0.5, 0.6) is 5.75 Å². The molecule has 166 valence electrons. The Labute approximate surface area is 179 Å². The van der Waals surface area contributed by atoms with E-state index in [1.54, 1.807) is 0 Å². The molecule has 0 saturated heterocycles. The summed E-state index contributed by atoms with van der Waals surface area (Å²) in [7, 11) is 1.49. The number of halogens is 3. The summed E-state index contributed by atoms with van der Waals surface area (Å²) >= 11 is 0. The number of amides is 1. The standard InChI is InChI=1S/C21H17F3N4O4/c1-11(25-26-19(30)14-5-3-4-6-15(14)20(31)32)16-18(29)17(28(2)27-16)12-7-9-13(10-8-12)21(22,23)24/h3-10,29H,1-2H3,(H,26,30)(H,31,32). The molecule has 2 aromatic carbocycles. The van der Waals surface area contributed by atoms with Crippen LogP contribution in [-0.2, 0) is 13.2 Å². The summed E-state index contributed by atoms with van der Waals surface area (Å²) in [6.45, 7) is 1.45. The Balaban J connectivity index is 1.87. The van der Waals surface area contributed by atoms with E-state index in [1.165, 1.54) is 55.1 Å². The number of hydrogen-bond donors (Lipinski definition) is 3. The highest BCUT2D eigenvalue weighted by Crippen LogP contribution is 2.35. The van der Waals surface area contributed by atoms with Crippen molar-refractivity contribution in [1.82, 2.24) is 15.2 Å². The molecule has 1 heterocycles. The number of carbonyl (C=O) groups excluding carboxylic acids is 1. The lowest BCUT2D eigenvalue weighted by Gasteiger charge is -2.08. The highest BCUT2D eigenvalue weighted by Gasteiger charge is 2.30. The molecule has 32 heavy (non-hydrogen) atoms. The molecule has 0 unspecified atom stereocenters. The summed E-state index contributed by atoms with van der Waals surface area (Å²) in [5.41, 5.74) is 1.62. The molecule has 8 nitrogen and oxygen atoms in total. The third-order valence-electron chi connectivity index (χ3n) is 4.58. The molecule has 0 radical (unpaired) electrons. The van der Waals surface area contributed by atoms with E-state index < -0.39 is 23.6 Å². The van der Waals surface area contributed by atoms with E-state index in [0.29, 0.717) is 5.56 Å². The molecule has 3 aromatic rings. The van der Waals surface area contributed by atoms with E-state index in [9.17, 15) is 33.0 Å². The number of hydrogen-bond acceptors (Lipinski definition) is 5. The Kier molecular flexibility index (Phi) is 6.01. The molecule has 0 saturated carbocycles. The van der Waals surface area contributed by atoms with Gasteiger partial charge in [-0.05, 0) is 31.2 Å². The molecule has 0 aliphatic heterocycles. The molecule has 1 amide bonds. The fourth-order valence-corrected chi connectivity index (χ4v) is 3.01. The van der Waals surface area contributed by atoms with Gasteiger partial charge in [0.05, 0.1) is 22.4 Å². The van der Waals surface area contributed by atoms with E-state index in [0.717, 1.165) is 12.1 Å². The Morgan fingerprint density at radius 3 is 2.22 bits per heavy atom. The Morgan fingerprint density at radius 2 is 1.66 bits per heavy atom. The van der Waals surface area contributed by atoms with E-state index >= 15 is 0 Å². The van der Waals surface area contributed by atoms with Gasteiger partial charge in [-0.25, -0.2) is 10.2 Å². The summed E-state index contributed by atoms with van der Waals surface area (Å²) in [4.78, 5) is 23.6. The molecular formula is C21H17F3N4O4. The van der Waals surface area contributed by atoms with Crippen molar-refractivity contribution in [2.24, 2.45) is 12.1 Å². The largest absolute Gasteiger partial charge is 0.504 e. The highest BCUT2D eigenvalue weighted by molar-refractivity contribution is 6.06. The van der Waals surface area contributed by atoms with E-state index in [4.69, 9.17) is 0 Å². The number of aromatic nitrogens is 2. The van der Waals surface area contributed by atoms with Gasteiger partial charge in [-0.1, -0.05) is 24.3 Å². The third-order valence-corrected chi connectivity index (χ3v) is 4.58. The predicted molar refractivity (Wildman–Crippen MR) is 108 cm³/mol. The second-order valence-corrected chi connectivity index (χ2v) is 6.73. The number of nitrogens with zero attached hydrogens (tertiary/aromatic N) is 3. The number of rotatable bonds is 5.